The summed E-state index contributed by atoms with van der Waals surface area (Å²) < 4.78 is 22.1. The van der Waals surface area contributed by atoms with Gasteiger partial charge in [-0.25, -0.2) is 0 Å². The van der Waals surface area contributed by atoms with Gasteiger partial charge in [0.1, 0.15) is 0 Å². The van der Waals surface area contributed by atoms with Gasteiger partial charge in [-0.15, -0.1) is 0 Å². The molecule has 0 rings (SSSR count). The van der Waals surface area contributed by atoms with E-state index in [1.54, 1.807) is 0 Å². The zero-order valence-corrected chi connectivity index (χ0v) is 11.7. The second-order valence-electron chi connectivity index (χ2n) is 2.72. The Labute approximate surface area is 99.1 Å². The zero-order valence-electron chi connectivity index (χ0n) is 9.82. The molecule has 0 bridgehead atoms. The summed E-state index contributed by atoms with van der Waals surface area (Å²) in [4.78, 5) is 0. The molecule has 0 N–H and O–H groups in total. The average Bonchev–Trinajstić information content (AvgIpc) is 2.19. The molecule has 0 aromatic carbocycles. The van der Waals surface area contributed by atoms with Gasteiger partial charge in [-0.2, -0.15) is 12.6 Å². The quantitative estimate of drug-likeness (QED) is 0.367. The van der Waals surface area contributed by atoms with Crippen molar-refractivity contribution in [2.75, 3.05) is 32.2 Å². The van der Waals surface area contributed by atoms with Crippen molar-refractivity contribution >= 4 is 21.7 Å². The van der Waals surface area contributed by atoms with Crippen LogP contribution >= 0.6 is 12.6 Å². The van der Waals surface area contributed by atoms with E-state index in [1.807, 2.05) is 20.8 Å². The molecule has 0 amide bonds. The van der Waals surface area contributed by atoms with Gasteiger partial charge in [-0.05, 0) is 32.9 Å². The number of hydrogen-bond donors (Lipinski definition) is 1. The summed E-state index contributed by atoms with van der Waals surface area (Å²) in [6.45, 7) is 7.88. The first-order chi connectivity index (χ1) is 7.24. The van der Waals surface area contributed by atoms with Crippen LogP contribution in [-0.4, -0.2) is 41.2 Å². The molecule has 0 fully saturated rings. The minimum atomic E-state index is -2.87. The van der Waals surface area contributed by atoms with Crippen LogP contribution in [0.2, 0.25) is 0 Å². The highest BCUT2D eigenvalue weighted by atomic mass is 32.1. The molecule has 0 spiro atoms. The summed E-state index contributed by atoms with van der Waals surface area (Å²) in [6.07, 6.45) is 0.866. The van der Waals surface area contributed by atoms with E-state index >= 15 is 0 Å². The maximum absolute atomic E-state index is 5.61. The third kappa shape index (κ3) is 6.55. The summed E-state index contributed by atoms with van der Waals surface area (Å²) in [6, 6.07) is 0. The number of rotatable bonds is 10. The summed E-state index contributed by atoms with van der Waals surface area (Å²) in [7, 11) is -2.87. The Morgan fingerprint density at radius 2 is 1.33 bits per heavy atom. The Hall–Kier alpha value is 0.407. The van der Waals surface area contributed by atoms with Gasteiger partial charge in [-0.1, -0.05) is 0 Å². The molecule has 0 aliphatic heterocycles. The highest BCUT2D eigenvalue weighted by Crippen LogP contribution is 2.12. The first kappa shape index (κ1) is 15.4. The molecule has 0 radical (unpaired) electrons. The van der Waals surface area contributed by atoms with Crippen molar-refractivity contribution in [1.29, 1.82) is 0 Å². The van der Waals surface area contributed by atoms with Gasteiger partial charge in [0.15, 0.2) is 0 Å². The molecule has 0 saturated carbocycles. The molecule has 0 aromatic rings. The lowest BCUT2D eigenvalue weighted by Gasteiger charge is -2.26. The summed E-state index contributed by atoms with van der Waals surface area (Å²) >= 11 is 4.12. The molecule has 0 aromatic heterocycles. The normalized spacial score (nSPS) is 12.0. The molecule has 0 aliphatic rings. The lowest BCUT2D eigenvalue weighted by atomic mass is 10.5. The van der Waals surface area contributed by atoms with E-state index in [4.69, 9.17) is 17.7 Å². The highest BCUT2D eigenvalue weighted by molar-refractivity contribution is 7.80. The van der Waals surface area contributed by atoms with Crippen molar-refractivity contribution in [3.8, 4) is 0 Å². The maximum Gasteiger partial charge on any atom is 0.679 e. The van der Waals surface area contributed by atoms with Gasteiger partial charge < -0.3 is 17.7 Å². The van der Waals surface area contributed by atoms with Crippen LogP contribution in [0.3, 0.4) is 0 Å². The van der Waals surface area contributed by atoms with E-state index in [1.165, 1.54) is 0 Å². The highest BCUT2D eigenvalue weighted by Gasteiger charge is 2.44. The van der Waals surface area contributed by atoms with E-state index in [2.05, 4.69) is 12.6 Å². The van der Waals surface area contributed by atoms with Crippen molar-refractivity contribution < 1.29 is 17.7 Å². The van der Waals surface area contributed by atoms with E-state index in [0.29, 0.717) is 26.4 Å². The SMILES string of the molecule is CCO[Si](OCC)(OCC)OCCCS. The number of hydrogen-bond acceptors (Lipinski definition) is 5. The minimum Gasteiger partial charge on any atom is -0.351 e. The lowest BCUT2D eigenvalue weighted by Crippen LogP contribution is -2.49. The van der Waals surface area contributed by atoms with Gasteiger partial charge in [0.2, 0.25) is 0 Å². The van der Waals surface area contributed by atoms with E-state index in [9.17, 15) is 0 Å². The van der Waals surface area contributed by atoms with E-state index < -0.39 is 9.05 Å². The Bertz CT molecular complexity index is 131. The largest absolute Gasteiger partial charge is 0.679 e. The molecule has 4 nitrogen and oxygen atoms in total. The van der Waals surface area contributed by atoms with Crippen LogP contribution in [-0.2, 0) is 17.7 Å². The predicted molar refractivity (Wildman–Crippen MR) is 65.1 cm³/mol. The van der Waals surface area contributed by atoms with Gasteiger partial charge in [-0.3, -0.25) is 0 Å². The van der Waals surface area contributed by atoms with E-state index in [-0.39, 0.29) is 0 Å². The Morgan fingerprint density at radius 1 is 0.867 bits per heavy atom. The van der Waals surface area contributed by atoms with Gasteiger partial charge in [0.05, 0.1) is 0 Å². The smallest absolute Gasteiger partial charge is 0.351 e. The fourth-order valence-electron chi connectivity index (χ4n) is 1.04. The molecule has 0 atom stereocenters. The molecule has 0 heterocycles. The lowest BCUT2D eigenvalue weighted by molar-refractivity contribution is -0.0271. The van der Waals surface area contributed by atoms with Crippen LogP contribution in [0, 0.1) is 0 Å². The average molecular weight is 254 g/mol. The third-order valence-electron chi connectivity index (χ3n) is 1.54. The monoisotopic (exact) mass is 254 g/mol. The Morgan fingerprint density at radius 3 is 1.67 bits per heavy atom. The van der Waals surface area contributed by atoms with E-state index in [0.717, 1.165) is 12.2 Å². The maximum atomic E-state index is 5.61. The van der Waals surface area contributed by atoms with Crippen LogP contribution in [0.4, 0.5) is 0 Å². The van der Waals surface area contributed by atoms with Crippen molar-refractivity contribution in [3.05, 3.63) is 0 Å². The topological polar surface area (TPSA) is 36.9 Å². The van der Waals surface area contributed by atoms with Crippen LogP contribution < -0.4 is 0 Å². The second kappa shape index (κ2) is 9.62. The first-order valence-electron chi connectivity index (χ1n) is 5.41. The Kier molecular flexibility index (Phi) is 9.88. The fraction of sp³-hybridized carbons (Fsp3) is 1.00. The van der Waals surface area contributed by atoms with Crippen molar-refractivity contribution in [2.24, 2.45) is 0 Å². The second-order valence-corrected chi connectivity index (χ2v) is 5.33. The summed E-state index contributed by atoms with van der Waals surface area (Å²) in [5.41, 5.74) is 0. The van der Waals surface area contributed by atoms with Gasteiger partial charge in [0, 0.05) is 26.4 Å². The van der Waals surface area contributed by atoms with Crippen LogP contribution in [0.15, 0.2) is 0 Å². The van der Waals surface area contributed by atoms with Crippen molar-refractivity contribution in [1.82, 2.24) is 0 Å². The summed E-state index contributed by atoms with van der Waals surface area (Å²) in [5.74, 6) is 0.787. The summed E-state index contributed by atoms with van der Waals surface area (Å²) in [5, 5.41) is 0. The standard InChI is InChI=1S/C9H22O4SSi/c1-4-10-15(11-5-2,12-6-3)13-8-7-9-14/h14H,4-9H2,1-3H3. The molecular weight excluding hydrogens is 232 g/mol. The minimum absolute atomic E-state index is 0.535. The Balaban J connectivity index is 4.18. The fourth-order valence-corrected chi connectivity index (χ4v) is 3.13. The molecule has 92 valence electrons. The predicted octanol–water partition coefficient (Wildman–Crippen LogP) is 1.87. The van der Waals surface area contributed by atoms with Crippen LogP contribution in [0.25, 0.3) is 0 Å². The third-order valence-corrected chi connectivity index (χ3v) is 4.35. The molecule has 0 unspecified atom stereocenters. The molecule has 0 aliphatic carbocycles. The molecular formula is C9H22O4SSi. The molecule has 15 heavy (non-hydrogen) atoms. The van der Waals surface area contributed by atoms with Crippen LogP contribution in [0.5, 0.6) is 0 Å². The molecule has 6 heteroatoms. The van der Waals surface area contributed by atoms with Crippen molar-refractivity contribution in [3.63, 3.8) is 0 Å². The number of thiol groups is 1. The van der Waals surface area contributed by atoms with Gasteiger partial charge in [0.25, 0.3) is 0 Å². The van der Waals surface area contributed by atoms with Crippen molar-refractivity contribution in [2.45, 2.75) is 27.2 Å². The first-order valence-corrected chi connectivity index (χ1v) is 7.67. The molecule has 0 saturated heterocycles. The van der Waals surface area contributed by atoms with Crippen LogP contribution in [0.1, 0.15) is 27.2 Å². The van der Waals surface area contributed by atoms with Gasteiger partial charge >= 0.3 is 9.05 Å². The zero-order chi connectivity index (χ0) is 11.6.